The first-order valence-corrected chi connectivity index (χ1v) is 3.95. The molecule has 0 saturated heterocycles. The van der Waals surface area contributed by atoms with Crippen molar-refractivity contribution in [1.29, 1.82) is 0 Å². The van der Waals surface area contributed by atoms with Crippen molar-refractivity contribution in [2.24, 2.45) is 5.92 Å². The van der Waals surface area contributed by atoms with Crippen LogP contribution in [0, 0.1) is 46.3 Å². The van der Waals surface area contributed by atoms with E-state index in [-0.39, 0.29) is 46.3 Å². The topological polar surface area (TPSA) is 37.3 Å². The van der Waals surface area contributed by atoms with Crippen molar-refractivity contribution in [3.05, 3.63) is 0 Å². The smallest absolute Gasteiger partial charge is 0.306 e. The van der Waals surface area contributed by atoms with Gasteiger partial charge in [0.15, 0.2) is 0 Å². The second-order valence-electron chi connectivity index (χ2n) is 2.59. The van der Waals surface area contributed by atoms with E-state index in [0.29, 0.717) is 0 Å². The Morgan fingerprint density at radius 2 is 2.00 bits per heavy atom. The minimum Gasteiger partial charge on any atom is -0.481 e. The Bertz CT molecular complexity index is 104. The maximum absolute atomic E-state index is 10.4. The molecule has 0 aromatic rings. The molecule has 1 atom stereocenters. The van der Waals surface area contributed by atoms with Crippen LogP contribution in [0.5, 0.6) is 0 Å². The van der Waals surface area contributed by atoms with E-state index in [1.807, 2.05) is 6.92 Å². The molecule has 0 saturated carbocycles. The Balaban J connectivity index is 0. The van der Waals surface area contributed by atoms with Crippen LogP contribution in [0.25, 0.3) is 0 Å². The summed E-state index contributed by atoms with van der Waals surface area (Å²) in [5, 5.41) is 8.60. The van der Waals surface area contributed by atoms with Gasteiger partial charge in [0.05, 0.1) is 5.92 Å². The third-order valence-electron chi connectivity index (χ3n) is 1.75. The molecule has 11 heavy (non-hydrogen) atoms. The van der Waals surface area contributed by atoms with E-state index < -0.39 is 5.97 Å². The predicted molar refractivity (Wildman–Crippen MR) is 40.9 cm³/mol. The van der Waals surface area contributed by atoms with Gasteiger partial charge in [-0.25, -0.2) is 0 Å². The summed E-state index contributed by atoms with van der Waals surface area (Å²) in [4.78, 5) is 10.4. The summed E-state index contributed by atoms with van der Waals surface area (Å²) in [6.45, 7) is 4.00. The minimum absolute atomic E-state index is 0. The Hall–Kier alpha value is 0.808. The van der Waals surface area contributed by atoms with Gasteiger partial charge in [0.1, 0.15) is 0 Å². The minimum atomic E-state index is -0.643. The number of hydrogen-bond acceptors (Lipinski definition) is 1. The quantitative estimate of drug-likeness (QED) is 0.843. The van der Waals surface area contributed by atoms with Crippen molar-refractivity contribution in [3.8, 4) is 0 Å². The Labute approximate surface area is 101 Å². The largest absolute Gasteiger partial charge is 0.481 e. The number of carbonyl (C=O) groups is 1. The average molecular weight is 289 g/mol. The summed E-state index contributed by atoms with van der Waals surface area (Å²) in [6.07, 6.45) is 3.71. The number of carboxylic acids is 1. The van der Waals surface area contributed by atoms with Gasteiger partial charge >= 0.3 is 5.97 Å². The van der Waals surface area contributed by atoms with Crippen LogP contribution in [-0.2, 0) is 4.79 Å². The molecule has 0 heterocycles. The van der Waals surface area contributed by atoms with Gasteiger partial charge in [-0.15, -0.1) is 0 Å². The molecular weight excluding hydrogens is 273 g/mol. The molecule has 0 spiro atoms. The first kappa shape index (κ1) is 14.3. The van der Waals surface area contributed by atoms with Gasteiger partial charge in [0, 0.05) is 40.4 Å². The second kappa shape index (κ2) is 8.90. The summed E-state index contributed by atoms with van der Waals surface area (Å²) < 4.78 is 0. The van der Waals surface area contributed by atoms with E-state index in [0.717, 1.165) is 25.7 Å². The summed E-state index contributed by atoms with van der Waals surface area (Å²) >= 11 is 0. The molecule has 0 rings (SSSR count). The number of rotatable bonds is 5. The molecule has 65 valence electrons. The van der Waals surface area contributed by atoms with Crippen LogP contribution in [0.1, 0.15) is 39.5 Å². The molecule has 0 aliphatic rings. The molecule has 3 heteroatoms. The van der Waals surface area contributed by atoms with Crippen molar-refractivity contribution in [2.75, 3.05) is 0 Å². The second-order valence-corrected chi connectivity index (χ2v) is 2.59. The van der Waals surface area contributed by atoms with Gasteiger partial charge in [-0.3, -0.25) is 4.79 Å². The summed E-state index contributed by atoms with van der Waals surface area (Å²) in [5.41, 5.74) is 0. The van der Waals surface area contributed by atoms with Crippen LogP contribution in [-0.4, -0.2) is 11.1 Å². The Morgan fingerprint density at radius 3 is 2.27 bits per heavy atom. The number of aliphatic carboxylic acids is 1. The predicted octanol–water partition coefficient (Wildman–Crippen LogP) is 2.29. The normalized spacial score (nSPS) is 11.8. The molecule has 2 nitrogen and oxygen atoms in total. The van der Waals surface area contributed by atoms with Crippen molar-refractivity contribution in [1.82, 2.24) is 0 Å². The maximum Gasteiger partial charge on any atom is 0.306 e. The molecule has 0 amide bonds. The molecule has 0 fully saturated rings. The molecule has 1 radical (unpaired) electrons. The van der Waals surface area contributed by atoms with Gasteiger partial charge in [-0.1, -0.05) is 26.7 Å². The monoisotopic (exact) mass is 289 g/mol. The average Bonchev–Trinajstić information content (AvgIpc) is 1.89. The molecule has 0 bridgehead atoms. The molecule has 1 unspecified atom stereocenters. The van der Waals surface area contributed by atoms with Crippen LogP contribution in [0.2, 0.25) is 0 Å². The molecule has 0 aromatic heterocycles. The summed E-state index contributed by atoms with van der Waals surface area (Å²) in [6, 6.07) is 0. The fraction of sp³-hybridized carbons (Fsp3) is 0.875. The number of hydrogen-bond donors (Lipinski definition) is 1. The zero-order valence-electron chi connectivity index (χ0n) is 7.21. The third kappa shape index (κ3) is 7.18. The number of carboxylic acid groups (broad SMARTS) is 1. The Morgan fingerprint density at radius 1 is 1.45 bits per heavy atom. The molecule has 0 aliphatic heterocycles. The molecular formula is C8H16O2Pm. The summed E-state index contributed by atoms with van der Waals surface area (Å²) in [5.74, 6) is -0.754. The van der Waals surface area contributed by atoms with Gasteiger partial charge in [-0.05, 0) is 12.8 Å². The van der Waals surface area contributed by atoms with Crippen LogP contribution < -0.4 is 0 Å². The molecule has 0 aromatic carbocycles. The van der Waals surface area contributed by atoms with Crippen molar-refractivity contribution in [3.63, 3.8) is 0 Å². The fourth-order valence-corrected chi connectivity index (χ4v) is 0.953. The molecule has 0 aliphatic carbocycles. The van der Waals surface area contributed by atoms with Gasteiger partial charge in [0.2, 0.25) is 0 Å². The SMILES string of the molecule is CCCCC(CC)C(=O)O.[Pm]. The van der Waals surface area contributed by atoms with Crippen LogP contribution in [0.4, 0.5) is 0 Å². The zero-order valence-corrected chi connectivity index (χ0v) is 10.1. The number of unbranched alkanes of at least 4 members (excludes halogenated alkanes) is 1. The third-order valence-corrected chi connectivity index (χ3v) is 1.75. The van der Waals surface area contributed by atoms with Gasteiger partial charge in [0.25, 0.3) is 0 Å². The van der Waals surface area contributed by atoms with Crippen molar-refractivity contribution < 1.29 is 50.3 Å². The van der Waals surface area contributed by atoms with E-state index in [1.165, 1.54) is 0 Å². The molecule has 1 N–H and O–H groups in total. The summed E-state index contributed by atoms with van der Waals surface area (Å²) in [7, 11) is 0. The van der Waals surface area contributed by atoms with Crippen LogP contribution in [0.15, 0.2) is 0 Å². The van der Waals surface area contributed by atoms with Gasteiger partial charge < -0.3 is 5.11 Å². The van der Waals surface area contributed by atoms with Gasteiger partial charge in [-0.2, -0.15) is 0 Å². The first-order chi connectivity index (χ1) is 4.72. The zero-order chi connectivity index (χ0) is 7.98. The van der Waals surface area contributed by atoms with E-state index in [1.54, 1.807) is 0 Å². The Kier molecular flexibility index (Phi) is 11.6. The van der Waals surface area contributed by atoms with E-state index >= 15 is 0 Å². The van der Waals surface area contributed by atoms with Crippen molar-refractivity contribution in [2.45, 2.75) is 39.5 Å². The maximum atomic E-state index is 10.4. The van der Waals surface area contributed by atoms with E-state index in [2.05, 4.69) is 6.92 Å². The van der Waals surface area contributed by atoms with Crippen LogP contribution >= 0.6 is 0 Å². The fourth-order valence-electron chi connectivity index (χ4n) is 0.953. The van der Waals surface area contributed by atoms with E-state index in [9.17, 15) is 4.79 Å². The van der Waals surface area contributed by atoms with Crippen LogP contribution in [0.3, 0.4) is 0 Å². The van der Waals surface area contributed by atoms with E-state index in [4.69, 9.17) is 5.11 Å². The first-order valence-electron chi connectivity index (χ1n) is 3.95. The standard InChI is InChI=1S/C8H16O2.Pm/c1-3-5-6-7(4-2)8(9)10;/h7H,3-6H2,1-2H3,(H,9,10);. The van der Waals surface area contributed by atoms with Crippen molar-refractivity contribution >= 4 is 5.97 Å².